The molecule has 24 heavy (non-hydrogen) atoms. The lowest BCUT2D eigenvalue weighted by Crippen LogP contribution is -2.32. The van der Waals surface area contributed by atoms with Gasteiger partial charge in [0.1, 0.15) is 0 Å². The molecule has 1 fully saturated rings. The molecule has 0 aliphatic carbocycles. The minimum absolute atomic E-state index is 0.288. The van der Waals surface area contributed by atoms with E-state index in [1.165, 1.54) is 6.26 Å². The Kier molecular flexibility index (Phi) is 5.23. The molecule has 128 valence electrons. The fourth-order valence-corrected chi connectivity index (χ4v) is 3.25. The Morgan fingerprint density at radius 2 is 1.83 bits per heavy atom. The van der Waals surface area contributed by atoms with Crippen LogP contribution < -0.4 is 5.32 Å². The van der Waals surface area contributed by atoms with Gasteiger partial charge in [-0.1, -0.05) is 12.1 Å². The second-order valence-electron chi connectivity index (χ2n) is 5.95. The fourth-order valence-electron chi connectivity index (χ4n) is 2.62. The first-order chi connectivity index (χ1) is 11.5. The highest BCUT2D eigenvalue weighted by Crippen LogP contribution is 2.19. The first-order valence-corrected chi connectivity index (χ1v) is 9.85. The predicted molar refractivity (Wildman–Crippen MR) is 91.3 cm³/mol. The SMILES string of the molecule is CS(=O)(=O)c1ccc(-c2cnc(COC3CCNCC3)cn2)cc1. The molecule has 2 heterocycles. The maximum atomic E-state index is 11.5. The molecule has 0 amide bonds. The molecule has 1 aliphatic heterocycles. The molecule has 1 aromatic carbocycles. The van der Waals surface area contributed by atoms with Crippen molar-refractivity contribution in [1.82, 2.24) is 15.3 Å². The number of aromatic nitrogens is 2. The van der Waals surface area contributed by atoms with E-state index in [0.717, 1.165) is 37.2 Å². The lowest BCUT2D eigenvalue weighted by Gasteiger charge is -2.22. The molecule has 0 atom stereocenters. The number of hydrogen-bond acceptors (Lipinski definition) is 6. The van der Waals surface area contributed by atoms with Crippen LogP contribution in [0.1, 0.15) is 18.5 Å². The van der Waals surface area contributed by atoms with E-state index in [1.54, 1.807) is 36.7 Å². The summed E-state index contributed by atoms with van der Waals surface area (Å²) in [4.78, 5) is 9.09. The Balaban J connectivity index is 1.63. The highest BCUT2D eigenvalue weighted by atomic mass is 32.2. The van der Waals surface area contributed by atoms with Crippen molar-refractivity contribution >= 4 is 9.84 Å². The highest BCUT2D eigenvalue weighted by molar-refractivity contribution is 7.90. The molecule has 0 saturated carbocycles. The Labute approximate surface area is 142 Å². The van der Waals surface area contributed by atoms with Crippen molar-refractivity contribution in [1.29, 1.82) is 0 Å². The molecule has 0 bridgehead atoms. The van der Waals surface area contributed by atoms with Crippen LogP contribution in [0.15, 0.2) is 41.6 Å². The molecule has 3 rings (SSSR count). The topological polar surface area (TPSA) is 81.2 Å². The third-order valence-corrected chi connectivity index (χ3v) is 5.17. The van der Waals surface area contributed by atoms with Gasteiger partial charge in [0.15, 0.2) is 9.84 Å². The maximum Gasteiger partial charge on any atom is 0.175 e. The van der Waals surface area contributed by atoms with E-state index >= 15 is 0 Å². The summed E-state index contributed by atoms with van der Waals surface area (Å²) in [6.07, 6.45) is 6.93. The van der Waals surface area contributed by atoms with Crippen LogP contribution in [-0.2, 0) is 21.2 Å². The summed E-state index contributed by atoms with van der Waals surface area (Å²) in [7, 11) is -3.18. The Morgan fingerprint density at radius 1 is 1.12 bits per heavy atom. The zero-order chi connectivity index (χ0) is 17.0. The second kappa shape index (κ2) is 7.38. The van der Waals surface area contributed by atoms with Crippen LogP contribution in [-0.4, -0.2) is 43.8 Å². The first-order valence-electron chi connectivity index (χ1n) is 7.96. The van der Waals surface area contributed by atoms with E-state index in [2.05, 4.69) is 15.3 Å². The lowest BCUT2D eigenvalue weighted by atomic mass is 10.1. The number of nitrogens with zero attached hydrogens (tertiary/aromatic N) is 2. The molecule has 1 N–H and O–H groups in total. The van der Waals surface area contributed by atoms with E-state index in [-0.39, 0.29) is 6.10 Å². The molecule has 0 unspecified atom stereocenters. The lowest BCUT2D eigenvalue weighted by molar-refractivity contribution is 0.0194. The Hall–Kier alpha value is -1.83. The fraction of sp³-hybridized carbons (Fsp3) is 0.412. The Bertz CT molecular complexity index is 768. The van der Waals surface area contributed by atoms with E-state index in [4.69, 9.17) is 4.74 Å². The summed E-state index contributed by atoms with van der Waals surface area (Å²) in [5, 5.41) is 3.31. The van der Waals surface area contributed by atoms with E-state index in [1.807, 2.05) is 0 Å². The van der Waals surface area contributed by atoms with Crippen molar-refractivity contribution < 1.29 is 13.2 Å². The van der Waals surface area contributed by atoms with Crippen LogP contribution in [0, 0.1) is 0 Å². The zero-order valence-electron chi connectivity index (χ0n) is 13.6. The number of benzene rings is 1. The molecule has 0 radical (unpaired) electrons. The first kappa shape index (κ1) is 17.0. The van der Waals surface area contributed by atoms with Gasteiger partial charge >= 0.3 is 0 Å². The summed E-state index contributed by atoms with van der Waals surface area (Å²) in [6.45, 7) is 2.46. The van der Waals surface area contributed by atoms with Crippen molar-refractivity contribution in [3.8, 4) is 11.3 Å². The Morgan fingerprint density at radius 3 is 2.42 bits per heavy atom. The minimum atomic E-state index is -3.18. The molecule has 6 nitrogen and oxygen atoms in total. The maximum absolute atomic E-state index is 11.5. The number of piperidine rings is 1. The van der Waals surface area contributed by atoms with Gasteiger partial charge in [0, 0.05) is 11.8 Å². The van der Waals surface area contributed by atoms with Gasteiger partial charge < -0.3 is 10.1 Å². The molecule has 0 spiro atoms. The van der Waals surface area contributed by atoms with Gasteiger partial charge in [-0.2, -0.15) is 0 Å². The largest absolute Gasteiger partial charge is 0.372 e. The van der Waals surface area contributed by atoms with Crippen molar-refractivity contribution in [2.45, 2.75) is 30.4 Å². The summed E-state index contributed by atoms with van der Waals surface area (Å²) < 4.78 is 28.8. The number of rotatable bonds is 5. The summed E-state index contributed by atoms with van der Waals surface area (Å²) >= 11 is 0. The molecule has 1 aromatic heterocycles. The summed E-state index contributed by atoms with van der Waals surface area (Å²) in [5.74, 6) is 0. The number of hydrogen-bond donors (Lipinski definition) is 1. The van der Waals surface area contributed by atoms with Crippen LogP contribution in [0.2, 0.25) is 0 Å². The third kappa shape index (κ3) is 4.37. The van der Waals surface area contributed by atoms with Gasteiger partial charge in [0.25, 0.3) is 0 Å². The minimum Gasteiger partial charge on any atom is -0.372 e. The normalized spacial score (nSPS) is 16.2. The molecule has 2 aromatic rings. The predicted octanol–water partition coefficient (Wildman–Crippen LogP) is 1.82. The molecule has 1 saturated heterocycles. The van der Waals surface area contributed by atoms with E-state index < -0.39 is 9.84 Å². The van der Waals surface area contributed by atoms with Gasteiger partial charge in [0.05, 0.1) is 41.4 Å². The van der Waals surface area contributed by atoms with Crippen molar-refractivity contribution in [3.63, 3.8) is 0 Å². The molecule has 7 heteroatoms. The summed E-state index contributed by atoms with van der Waals surface area (Å²) in [5.41, 5.74) is 2.34. The van der Waals surface area contributed by atoms with Crippen molar-refractivity contribution in [2.24, 2.45) is 0 Å². The standard InChI is InChI=1S/C17H21N3O3S/c1-24(21,22)16-4-2-13(3-5-16)17-11-19-14(10-20-17)12-23-15-6-8-18-9-7-15/h2-5,10-11,15,18H,6-9,12H2,1H3. The third-order valence-electron chi connectivity index (χ3n) is 4.04. The smallest absolute Gasteiger partial charge is 0.175 e. The van der Waals surface area contributed by atoms with Gasteiger partial charge in [-0.25, -0.2) is 8.42 Å². The molecule has 1 aliphatic rings. The van der Waals surface area contributed by atoms with Crippen molar-refractivity contribution in [2.75, 3.05) is 19.3 Å². The number of nitrogens with one attached hydrogen (secondary N) is 1. The van der Waals surface area contributed by atoms with Crippen molar-refractivity contribution in [3.05, 3.63) is 42.4 Å². The second-order valence-corrected chi connectivity index (χ2v) is 7.97. The van der Waals surface area contributed by atoms with Crippen LogP contribution >= 0.6 is 0 Å². The number of sulfone groups is 1. The van der Waals surface area contributed by atoms with Gasteiger partial charge in [-0.05, 0) is 38.1 Å². The van der Waals surface area contributed by atoms with Gasteiger partial charge in [-0.15, -0.1) is 0 Å². The zero-order valence-corrected chi connectivity index (χ0v) is 14.4. The monoisotopic (exact) mass is 347 g/mol. The van der Waals surface area contributed by atoms with Gasteiger partial charge in [0.2, 0.25) is 0 Å². The highest BCUT2D eigenvalue weighted by Gasteiger charge is 2.13. The van der Waals surface area contributed by atoms with Crippen LogP contribution in [0.4, 0.5) is 0 Å². The quantitative estimate of drug-likeness (QED) is 0.888. The van der Waals surface area contributed by atoms with Crippen LogP contribution in [0.3, 0.4) is 0 Å². The number of ether oxygens (including phenoxy) is 1. The summed E-state index contributed by atoms with van der Waals surface area (Å²) in [6, 6.07) is 6.65. The molecular weight excluding hydrogens is 326 g/mol. The van der Waals surface area contributed by atoms with Crippen LogP contribution in [0.5, 0.6) is 0 Å². The molecular formula is C17H21N3O3S. The average Bonchev–Trinajstić information content (AvgIpc) is 2.61. The van der Waals surface area contributed by atoms with E-state index in [0.29, 0.717) is 17.2 Å². The van der Waals surface area contributed by atoms with E-state index in [9.17, 15) is 8.42 Å². The van der Waals surface area contributed by atoms with Gasteiger partial charge in [-0.3, -0.25) is 9.97 Å². The van der Waals surface area contributed by atoms with Crippen LogP contribution in [0.25, 0.3) is 11.3 Å². The average molecular weight is 347 g/mol.